The number of nitrogens with zero attached hydrogens (tertiary/aromatic N) is 3. The molecule has 2 heterocycles. The second-order valence-corrected chi connectivity index (χ2v) is 6.24. The molecule has 0 radical (unpaired) electrons. The molecule has 2 aliphatic carbocycles. The number of hydrogen-bond donors (Lipinski definition) is 1. The Labute approximate surface area is 157 Å². The number of aromatic nitrogens is 3. The number of carbonyl (C=O) groups excluding carboxylic acids is 1. The average Bonchev–Trinajstić information content (AvgIpc) is 3.02. The number of carbonyl (C=O) groups is 1. The summed E-state index contributed by atoms with van der Waals surface area (Å²) in [7, 11) is 1.53. The first-order chi connectivity index (χ1) is 12.9. The minimum Gasteiger partial charge on any atom is -0.358 e. The largest absolute Gasteiger partial charge is 0.358 e. The molecular weight excluding hydrogens is 340 g/mol. The number of fused-ring (bicyclic) bond motifs is 1. The monoisotopic (exact) mass is 360 g/mol. The number of aryl methyl sites for hydroxylation is 2. The summed E-state index contributed by atoms with van der Waals surface area (Å²) in [5, 5.41) is 2.47. The molecule has 27 heavy (non-hydrogen) atoms. The van der Waals surface area contributed by atoms with E-state index in [2.05, 4.69) is 41.3 Å². The molecule has 0 saturated heterocycles. The van der Waals surface area contributed by atoms with Crippen LogP contribution in [0, 0.1) is 26.2 Å². The Hall–Kier alpha value is -3.59. The van der Waals surface area contributed by atoms with Gasteiger partial charge in [-0.05, 0) is 42.5 Å². The van der Waals surface area contributed by atoms with Crippen molar-refractivity contribution in [3.8, 4) is 29.2 Å². The summed E-state index contributed by atoms with van der Waals surface area (Å²) < 4.78 is 3.07. The quantitative estimate of drug-likeness (QED) is 0.569. The van der Waals surface area contributed by atoms with Crippen molar-refractivity contribution in [2.45, 2.75) is 20.4 Å². The van der Waals surface area contributed by atoms with Crippen molar-refractivity contribution >= 4 is 5.91 Å². The predicted molar refractivity (Wildman–Crippen MR) is 105 cm³/mol. The highest BCUT2D eigenvalue weighted by Crippen LogP contribution is 2.35. The maximum atomic E-state index is 12.0. The fourth-order valence-corrected chi connectivity index (χ4v) is 2.80. The van der Waals surface area contributed by atoms with Crippen LogP contribution in [0.5, 0.6) is 0 Å². The standard InChI is InChI=1S/C14H14N4O2.C7H6/c1-4-11-8-18(10(2)16-11)12-5-6-17(14(20)7-12)9-13(19)15-3;1-5-4-6-2-3-7(5)6/h1,5-8H,9H2,2-3H3,(H,15,19);2-4H,1H3. The number of benzene rings is 1. The summed E-state index contributed by atoms with van der Waals surface area (Å²) in [5.41, 5.74) is 5.27. The number of rotatable bonds is 3. The molecule has 0 atom stereocenters. The molecule has 0 aliphatic heterocycles. The molecule has 136 valence electrons. The van der Waals surface area contributed by atoms with Gasteiger partial charge in [0.2, 0.25) is 5.91 Å². The van der Waals surface area contributed by atoms with E-state index in [-0.39, 0.29) is 18.0 Å². The van der Waals surface area contributed by atoms with Crippen molar-refractivity contribution in [1.82, 2.24) is 19.4 Å². The smallest absolute Gasteiger partial charge is 0.253 e. The Bertz CT molecular complexity index is 1120. The fourth-order valence-electron chi connectivity index (χ4n) is 2.80. The molecule has 2 aromatic heterocycles. The van der Waals surface area contributed by atoms with E-state index in [1.807, 2.05) is 0 Å². The van der Waals surface area contributed by atoms with Crippen LogP contribution in [-0.4, -0.2) is 27.1 Å². The van der Waals surface area contributed by atoms with Gasteiger partial charge in [0.25, 0.3) is 5.56 Å². The zero-order valence-corrected chi connectivity index (χ0v) is 15.5. The molecule has 0 aromatic carbocycles. The minimum atomic E-state index is -0.263. The van der Waals surface area contributed by atoms with Crippen LogP contribution in [-0.2, 0) is 11.3 Å². The second-order valence-electron chi connectivity index (χ2n) is 6.24. The fraction of sp³-hybridized carbons (Fsp3) is 0.190. The SMILES string of the molecule is C#Cc1cn(-c2ccn(CC(=O)NC)c(=O)c2)c(C)n1.Cc1cc2ccc1-2. The van der Waals surface area contributed by atoms with Crippen LogP contribution in [0.2, 0.25) is 0 Å². The molecule has 4 rings (SSSR count). The van der Waals surface area contributed by atoms with Crippen LogP contribution in [0.4, 0.5) is 0 Å². The van der Waals surface area contributed by atoms with E-state index in [1.165, 1.54) is 34.4 Å². The molecule has 2 aliphatic rings. The van der Waals surface area contributed by atoms with Crippen LogP contribution < -0.4 is 10.9 Å². The summed E-state index contributed by atoms with van der Waals surface area (Å²) >= 11 is 0. The van der Waals surface area contributed by atoms with Gasteiger partial charge in [-0.15, -0.1) is 6.42 Å². The van der Waals surface area contributed by atoms with Crippen molar-refractivity contribution in [2.24, 2.45) is 0 Å². The molecule has 0 saturated carbocycles. The van der Waals surface area contributed by atoms with Crippen molar-refractivity contribution < 1.29 is 4.79 Å². The third-order valence-corrected chi connectivity index (χ3v) is 4.42. The number of likely N-dealkylation sites (N-methyl/N-ethyl adjacent to an activating group) is 1. The van der Waals surface area contributed by atoms with Gasteiger partial charge in [-0.25, -0.2) is 4.98 Å². The third-order valence-electron chi connectivity index (χ3n) is 4.42. The predicted octanol–water partition coefficient (Wildman–Crippen LogP) is 2.05. The summed E-state index contributed by atoms with van der Waals surface area (Å²) in [6.45, 7) is 3.94. The van der Waals surface area contributed by atoms with E-state index >= 15 is 0 Å². The molecule has 0 fully saturated rings. The highest BCUT2D eigenvalue weighted by Gasteiger charge is 2.11. The van der Waals surface area contributed by atoms with Crippen molar-refractivity contribution in [2.75, 3.05) is 7.05 Å². The molecule has 0 unspecified atom stereocenters. The van der Waals surface area contributed by atoms with E-state index in [0.29, 0.717) is 17.2 Å². The maximum Gasteiger partial charge on any atom is 0.253 e. The van der Waals surface area contributed by atoms with Gasteiger partial charge in [-0.3, -0.25) is 9.59 Å². The zero-order valence-electron chi connectivity index (χ0n) is 15.5. The van der Waals surface area contributed by atoms with Gasteiger partial charge in [0.1, 0.15) is 18.1 Å². The Morgan fingerprint density at radius 3 is 2.44 bits per heavy atom. The lowest BCUT2D eigenvalue weighted by molar-refractivity contribution is -0.121. The van der Waals surface area contributed by atoms with E-state index < -0.39 is 0 Å². The molecule has 2 aromatic rings. The number of terminal acetylenes is 1. The highest BCUT2D eigenvalue weighted by molar-refractivity contribution is 5.80. The van der Waals surface area contributed by atoms with E-state index in [9.17, 15) is 9.59 Å². The lowest BCUT2D eigenvalue weighted by atomic mass is 9.88. The summed E-state index contributed by atoms with van der Waals surface area (Å²) in [4.78, 5) is 27.4. The Kier molecular flexibility index (Phi) is 4.95. The lowest BCUT2D eigenvalue weighted by Crippen LogP contribution is -2.29. The Balaban J connectivity index is 0.000000246. The maximum absolute atomic E-state index is 12.0. The number of imidazole rings is 1. The third kappa shape index (κ3) is 3.67. The second kappa shape index (κ2) is 7.34. The van der Waals surface area contributed by atoms with Crippen LogP contribution in [0.3, 0.4) is 0 Å². The van der Waals surface area contributed by atoms with Gasteiger partial charge < -0.3 is 14.5 Å². The Morgan fingerprint density at radius 2 is 2.04 bits per heavy atom. The number of pyridine rings is 1. The Morgan fingerprint density at radius 1 is 1.26 bits per heavy atom. The average molecular weight is 360 g/mol. The van der Waals surface area contributed by atoms with Crippen molar-refractivity contribution in [1.29, 1.82) is 0 Å². The van der Waals surface area contributed by atoms with Gasteiger partial charge >= 0.3 is 0 Å². The highest BCUT2D eigenvalue weighted by atomic mass is 16.2. The topological polar surface area (TPSA) is 68.9 Å². The molecular formula is C21H20N4O2. The number of nitrogens with one attached hydrogen (secondary N) is 1. The molecule has 6 nitrogen and oxygen atoms in total. The van der Waals surface area contributed by atoms with E-state index in [4.69, 9.17) is 6.42 Å². The number of hydrogen-bond acceptors (Lipinski definition) is 3. The number of amides is 1. The first-order valence-electron chi connectivity index (χ1n) is 8.48. The molecule has 0 spiro atoms. The minimum absolute atomic E-state index is 0.00582. The van der Waals surface area contributed by atoms with Crippen molar-refractivity contribution in [3.63, 3.8) is 0 Å². The summed E-state index contributed by atoms with van der Waals surface area (Å²) in [6.07, 6.45) is 8.56. The molecule has 6 heteroatoms. The summed E-state index contributed by atoms with van der Waals surface area (Å²) in [6, 6.07) is 9.68. The van der Waals surface area contributed by atoms with E-state index in [0.717, 1.165) is 0 Å². The van der Waals surface area contributed by atoms with Crippen LogP contribution in [0.25, 0.3) is 16.8 Å². The zero-order chi connectivity index (χ0) is 19.6. The molecule has 1 amide bonds. The molecule has 0 bridgehead atoms. The van der Waals surface area contributed by atoms with Gasteiger partial charge in [0.05, 0.1) is 5.69 Å². The first kappa shape index (κ1) is 18.2. The van der Waals surface area contributed by atoms with Gasteiger partial charge in [0.15, 0.2) is 0 Å². The molecule has 1 N–H and O–H groups in total. The van der Waals surface area contributed by atoms with Crippen LogP contribution in [0.15, 0.2) is 47.5 Å². The lowest BCUT2D eigenvalue weighted by Gasteiger charge is -2.17. The van der Waals surface area contributed by atoms with Crippen molar-refractivity contribution in [3.05, 3.63) is 70.2 Å². The van der Waals surface area contributed by atoms with Gasteiger partial charge in [-0.2, -0.15) is 0 Å². The van der Waals surface area contributed by atoms with Gasteiger partial charge in [0, 0.05) is 25.5 Å². The van der Waals surface area contributed by atoms with Gasteiger partial charge in [-0.1, -0.05) is 18.2 Å². The van der Waals surface area contributed by atoms with Crippen LogP contribution >= 0.6 is 0 Å². The normalized spacial score (nSPS) is 10.4. The van der Waals surface area contributed by atoms with Crippen LogP contribution in [0.1, 0.15) is 17.1 Å². The first-order valence-corrected chi connectivity index (χ1v) is 8.48. The van der Waals surface area contributed by atoms with E-state index in [1.54, 1.807) is 30.0 Å². The summed E-state index contributed by atoms with van der Waals surface area (Å²) in [5.74, 6) is 2.92.